The van der Waals surface area contributed by atoms with Gasteiger partial charge in [0.2, 0.25) is 5.91 Å². The number of hydrogen-bond donors (Lipinski definition) is 0. The van der Waals surface area contributed by atoms with Gasteiger partial charge in [-0.1, -0.05) is 29.8 Å². The number of nitriles is 1. The predicted octanol–water partition coefficient (Wildman–Crippen LogP) is 2.69. The molecule has 1 rings (SSSR count). The zero-order valence-corrected chi connectivity index (χ0v) is 11.3. The summed E-state index contributed by atoms with van der Waals surface area (Å²) in [6.45, 7) is 6.08. The lowest BCUT2D eigenvalue weighted by Crippen LogP contribution is -2.37. The average molecular weight is 244 g/mol. The second-order valence-electron chi connectivity index (χ2n) is 4.76. The fourth-order valence-corrected chi connectivity index (χ4v) is 1.78. The van der Waals surface area contributed by atoms with E-state index in [0.29, 0.717) is 6.42 Å². The van der Waals surface area contributed by atoms with E-state index in [1.54, 1.807) is 4.90 Å². The molecule has 18 heavy (non-hydrogen) atoms. The summed E-state index contributed by atoms with van der Waals surface area (Å²) >= 11 is 0. The van der Waals surface area contributed by atoms with Crippen molar-refractivity contribution in [1.82, 2.24) is 4.90 Å². The summed E-state index contributed by atoms with van der Waals surface area (Å²) in [5.74, 6) is 0.0483. The van der Waals surface area contributed by atoms with Gasteiger partial charge in [0.15, 0.2) is 0 Å². The van der Waals surface area contributed by atoms with Gasteiger partial charge in [-0.2, -0.15) is 5.26 Å². The molecule has 0 heterocycles. The molecule has 0 N–H and O–H groups in total. The second-order valence-corrected chi connectivity index (χ2v) is 4.76. The van der Waals surface area contributed by atoms with E-state index in [-0.39, 0.29) is 18.5 Å². The first-order valence-electron chi connectivity index (χ1n) is 6.26. The van der Waals surface area contributed by atoms with E-state index in [1.165, 1.54) is 5.56 Å². The van der Waals surface area contributed by atoms with E-state index in [1.807, 2.05) is 39.0 Å². The van der Waals surface area contributed by atoms with Gasteiger partial charge in [0.1, 0.15) is 6.54 Å². The molecule has 1 aromatic rings. The molecule has 1 amide bonds. The highest BCUT2D eigenvalue weighted by atomic mass is 16.2. The van der Waals surface area contributed by atoms with E-state index >= 15 is 0 Å². The molecule has 3 heteroatoms. The molecule has 1 aromatic carbocycles. The molecule has 3 nitrogen and oxygen atoms in total. The highest BCUT2D eigenvalue weighted by molar-refractivity contribution is 5.77. The standard InChI is InChI=1S/C15H20N2O/c1-12(2)17(11-10-16)15(18)9-8-14-6-4-13(3)5-7-14/h4-7,12H,8-9,11H2,1-3H3. The Balaban J connectivity index is 2.54. The molecular weight excluding hydrogens is 224 g/mol. The quantitative estimate of drug-likeness (QED) is 0.747. The van der Waals surface area contributed by atoms with Crippen LogP contribution < -0.4 is 0 Å². The lowest BCUT2D eigenvalue weighted by Gasteiger charge is -2.23. The van der Waals surface area contributed by atoms with Gasteiger partial charge in [0, 0.05) is 12.5 Å². The van der Waals surface area contributed by atoms with Crippen LogP contribution in [0.25, 0.3) is 0 Å². The van der Waals surface area contributed by atoms with Crippen LogP contribution in [0.5, 0.6) is 0 Å². The summed E-state index contributed by atoms with van der Waals surface area (Å²) in [5.41, 5.74) is 2.38. The molecule has 0 unspecified atom stereocenters. The van der Waals surface area contributed by atoms with E-state index in [2.05, 4.69) is 12.1 Å². The summed E-state index contributed by atoms with van der Waals surface area (Å²) in [6.07, 6.45) is 1.19. The van der Waals surface area contributed by atoms with Gasteiger partial charge in [0.25, 0.3) is 0 Å². The van der Waals surface area contributed by atoms with Crippen LogP contribution in [0.3, 0.4) is 0 Å². The molecule has 0 aliphatic carbocycles. The van der Waals surface area contributed by atoms with Crippen molar-refractivity contribution in [2.75, 3.05) is 6.54 Å². The topological polar surface area (TPSA) is 44.1 Å². The van der Waals surface area contributed by atoms with E-state index in [0.717, 1.165) is 12.0 Å². The van der Waals surface area contributed by atoms with Gasteiger partial charge >= 0.3 is 0 Å². The fourth-order valence-electron chi connectivity index (χ4n) is 1.78. The molecule has 0 bridgehead atoms. The minimum absolute atomic E-state index is 0.0483. The zero-order valence-electron chi connectivity index (χ0n) is 11.3. The number of carbonyl (C=O) groups is 1. The number of aryl methyl sites for hydroxylation is 2. The molecule has 0 aromatic heterocycles. The Morgan fingerprint density at radius 2 is 1.94 bits per heavy atom. The zero-order chi connectivity index (χ0) is 13.5. The van der Waals surface area contributed by atoms with Crippen LogP contribution in [0.1, 0.15) is 31.4 Å². The Kier molecular flexibility index (Phi) is 5.38. The van der Waals surface area contributed by atoms with Crippen LogP contribution in [-0.4, -0.2) is 23.4 Å². The Labute approximate surface area is 109 Å². The van der Waals surface area contributed by atoms with Crippen LogP contribution in [0.2, 0.25) is 0 Å². The Morgan fingerprint density at radius 1 is 1.33 bits per heavy atom. The third kappa shape index (κ3) is 4.21. The number of hydrogen-bond acceptors (Lipinski definition) is 2. The first-order valence-corrected chi connectivity index (χ1v) is 6.26. The first kappa shape index (κ1) is 14.2. The Hall–Kier alpha value is -1.82. The summed E-state index contributed by atoms with van der Waals surface area (Å²) in [6, 6.07) is 10.3. The number of benzene rings is 1. The Morgan fingerprint density at radius 3 is 2.44 bits per heavy atom. The highest BCUT2D eigenvalue weighted by Crippen LogP contribution is 2.08. The van der Waals surface area contributed by atoms with Gasteiger partial charge in [-0.3, -0.25) is 4.79 Å². The van der Waals surface area contributed by atoms with Crippen molar-refractivity contribution in [3.63, 3.8) is 0 Å². The van der Waals surface area contributed by atoms with Crippen LogP contribution in [-0.2, 0) is 11.2 Å². The van der Waals surface area contributed by atoms with Crippen LogP contribution in [0, 0.1) is 18.3 Å². The van der Waals surface area contributed by atoms with Crippen molar-refractivity contribution >= 4 is 5.91 Å². The molecule has 0 spiro atoms. The molecule has 0 atom stereocenters. The van der Waals surface area contributed by atoms with E-state index in [4.69, 9.17) is 5.26 Å². The minimum Gasteiger partial charge on any atom is -0.327 e. The molecule has 0 saturated heterocycles. The number of nitrogens with zero attached hydrogens (tertiary/aromatic N) is 2. The maximum Gasteiger partial charge on any atom is 0.223 e. The van der Waals surface area contributed by atoms with Gasteiger partial charge in [-0.05, 0) is 32.8 Å². The maximum atomic E-state index is 12.0. The van der Waals surface area contributed by atoms with Crippen molar-refractivity contribution < 1.29 is 4.79 Å². The number of carbonyl (C=O) groups excluding carboxylic acids is 1. The van der Waals surface area contributed by atoms with Crippen LogP contribution >= 0.6 is 0 Å². The summed E-state index contributed by atoms with van der Waals surface area (Å²) in [5, 5.41) is 8.71. The molecule has 0 fully saturated rings. The van der Waals surface area contributed by atoms with Crippen LogP contribution in [0.4, 0.5) is 0 Å². The highest BCUT2D eigenvalue weighted by Gasteiger charge is 2.15. The summed E-state index contributed by atoms with van der Waals surface area (Å²) in [7, 11) is 0. The fraction of sp³-hybridized carbons (Fsp3) is 0.467. The SMILES string of the molecule is Cc1ccc(CCC(=O)N(CC#N)C(C)C)cc1. The van der Waals surface area contributed by atoms with Crippen LogP contribution in [0.15, 0.2) is 24.3 Å². The van der Waals surface area contributed by atoms with E-state index in [9.17, 15) is 4.79 Å². The lowest BCUT2D eigenvalue weighted by molar-refractivity contribution is -0.132. The van der Waals surface area contributed by atoms with Crippen molar-refractivity contribution in [2.45, 2.75) is 39.7 Å². The summed E-state index contributed by atoms with van der Waals surface area (Å²) < 4.78 is 0. The summed E-state index contributed by atoms with van der Waals surface area (Å²) in [4.78, 5) is 13.6. The molecule has 0 aliphatic heterocycles. The molecular formula is C15H20N2O. The molecule has 0 saturated carbocycles. The second kappa shape index (κ2) is 6.80. The van der Waals surface area contributed by atoms with Gasteiger partial charge < -0.3 is 4.90 Å². The van der Waals surface area contributed by atoms with Crippen molar-refractivity contribution in [1.29, 1.82) is 5.26 Å². The van der Waals surface area contributed by atoms with Crippen molar-refractivity contribution in [3.8, 4) is 6.07 Å². The van der Waals surface area contributed by atoms with Crippen molar-refractivity contribution in [3.05, 3.63) is 35.4 Å². The number of rotatable bonds is 5. The monoisotopic (exact) mass is 244 g/mol. The lowest BCUT2D eigenvalue weighted by atomic mass is 10.1. The average Bonchev–Trinajstić information content (AvgIpc) is 2.34. The normalized spacial score (nSPS) is 10.2. The molecule has 96 valence electrons. The van der Waals surface area contributed by atoms with E-state index < -0.39 is 0 Å². The minimum atomic E-state index is 0.0483. The Bertz CT molecular complexity index is 429. The molecule has 0 radical (unpaired) electrons. The largest absolute Gasteiger partial charge is 0.327 e. The first-order chi connectivity index (χ1) is 8.54. The van der Waals surface area contributed by atoms with Gasteiger partial charge in [-0.25, -0.2) is 0 Å². The van der Waals surface area contributed by atoms with Gasteiger partial charge in [0.05, 0.1) is 6.07 Å². The third-order valence-electron chi connectivity index (χ3n) is 2.93. The predicted molar refractivity (Wildman–Crippen MR) is 72.0 cm³/mol. The number of amides is 1. The third-order valence-corrected chi connectivity index (χ3v) is 2.93. The van der Waals surface area contributed by atoms with Gasteiger partial charge in [-0.15, -0.1) is 0 Å². The maximum absolute atomic E-state index is 12.0. The van der Waals surface area contributed by atoms with Crippen molar-refractivity contribution in [2.24, 2.45) is 0 Å². The smallest absolute Gasteiger partial charge is 0.223 e. The molecule has 0 aliphatic rings.